The van der Waals surface area contributed by atoms with Crippen LogP contribution in [0.4, 0.5) is 0 Å². The van der Waals surface area contributed by atoms with Gasteiger partial charge in [0, 0.05) is 18.0 Å². The number of carbonyl (C=O) groups is 1. The highest BCUT2D eigenvalue weighted by Gasteiger charge is 2.44. The Kier molecular flexibility index (Phi) is 4.53. The fraction of sp³-hybridized carbons (Fsp3) is 0.381. The predicted molar refractivity (Wildman–Crippen MR) is 98.7 cm³/mol. The fourth-order valence-corrected chi connectivity index (χ4v) is 4.15. The highest BCUT2D eigenvalue weighted by atomic mass is 35.5. The van der Waals surface area contributed by atoms with Crippen molar-refractivity contribution in [3.63, 3.8) is 0 Å². The van der Waals surface area contributed by atoms with Crippen LogP contribution >= 0.6 is 11.6 Å². The summed E-state index contributed by atoms with van der Waals surface area (Å²) in [6.07, 6.45) is 3.27. The number of rotatable bonds is 3. The van der Waals surface area contributed by atoms with Crippen LogP contribution in [-0.4, -0.2) is 30.5 Å². The van der Waals surface area contributed by atoms with Crippen LogP contribution in [0.5, 0.6) is 0 Å². The standard InChI is InChI=1S/C21H22ClNO2/c22-18-8-5-16(6-9-18)7-10-20(24)23-13-14-25-21(15-23)12-11-17-3-1-2-4-19(17)21/h1-6,8-9H,7,10-15H2/t21-/m1/s1. The molecule has 1 spiro atoms. The molecule has 2 aromatic rings. The second-order valence-electron chi connectivity index (χ2n) is 6.94. The van der Waals surface area contributed by atoms with Gasteiger partial charge in [0.2, 0.25) is 5.91 Å². The Bertz CT molecular complexity index is 770. The van der Waals surface area contributed by atoms with Crippen LogP contribution in [0.1, 0.15) is 29.5 Å². The van der Waals surface area contributed by atoms with Crippen LogP contribution in [-0.2, 0) is 28.0 Å². The maximum absolute atomic E-state index is 12.7. The molecule has 0 unspecified atom stereocenters. The number of hydrogen-bond donors (Lipinski definition) is 0. The third kappa shape index (κ3) is 3.31. The van der Waals surface area contributed by atoms with Crippen molar-refractivity contribution in [2.75, 3.05) is 19.7 Å². The molecule has 3 nitrogen and oxygen atoms in total. The van der Waals surface area contributed by atoms with Gasteiger partial charge < -0.3 is 9.64 Å². The molecule has 1 atom stereocenters. The normalized spacial score (nSPS) is 22.2. The molecule has 1 aliphatic carbocycles. The van der Waals surface area contributed by atoms with Crippen LogP contribution in [0.15, 0.2) is 48.5 Å². The average Bonchev–Trinajstić information content (AvgIpc) is 2.99. The monoisotopic (exact) mass is 355 g/mol. The van der Waals surface area contributed by atoms with Crippen LogP contribution in [0.25, 0.3) is 0 Å². The lowest BCUT2D eigenvalue weighted by atomic mass is 9.93. The van der Waals surface area contributed by atoms with Crippen molar-refractivity contribution in [1.82, 2.24) is 4.90 Å². The van der Waals surface area contributed by atoms with Gasteiger partial charge in [0.1, 0.15) is 5.60 Å². The Morgan fingerprint density at radius 1 is 1.16 bits per heavy atom. The number of halogens is 1. The van der Waals surface area contributed by atoms with Crippen molar-refractivity contribution >= 4 is 17.5 Å². The summed E-state index contributed by atoms with van der Waals surface area (Å²) in [4.78, 5) is 14.7. The molecule has 1 aliphatic heterocycles. The van der Waals surface area contributed by atoms with Gasteiger partial charge >= 0.3 is 0 Å². The molecule has 4 rings (SSSR count). The van der Waals surface area contributed by atoms with Gasteiger partial charge in [0.05, 0.1) is 13.2 Å². The Balaban J connectivity index is 1.43. The second kappa shape index (κ2) is 6.81. The van der Waals surface area contributed by atoms with Crippen LogP contribution in [0.3, 0.4) is 0 Å². The number of benzene rings is 2. The molecule has 0 N–H and O–H groups in total. The van der Waals surface area contributed by atoms with Crippen molar-refractivity contribution in [1.29, 1.82) is 0 Å². The summed E-state index contributed by atoms with van der Waals surface area (Å²) in [7, 11) is 0. The number of hydrogen-bond acceptors (Lipinski definition) is 2. The fourth-order valence-electron chi connectivity index (χ4n) is 4.03. The quantitative estimate of drug-likeness (QED) is 0.833. The molecule has 0 bridgehead atoms. The van der Waals surface area contributed by atoms with Gasteiger partial charge in [0.25, 0.3) is 0 Å². The van der Waals surface area contributed by atoms with Crippen LogP contribution in [0, 0.1) is 0 Å². The second-order valence-corrected chi connectivity index (χ2v) is 7.38. The smallest absolute Gasteiger partial charge is 0.223 e. The number of aryl methyl sites for hydroxylation is 2. The maximum Gasteiger partial charge on any atom is 0.223 e. The van der Waals surface area contributed by atoms with Gasteiger partial charge in [-0.3, -0.25) is 4.79 Å². The van der Waals surface area contributed by atoms with E-state index in [1.807, 2.05) is 29.2 Å². The molecule has 25 heavy (non-hydrogen) atoms. The molecule has 4 heteroatoms. The first-order valence-corrected chi connectivity index (χ1v) is 9.29. The zero-order valence-corrected chi connectivity index (χ0v) is 15.0. The van der Waals surface area contributed by atoms with E-state index in [1.54, 1.807) is 0 Å². The SMILES string of the molecule is O=C(CCc1ccc(Cl)cc1)N1CCO[C@]2(CCc3ccccc32)C1. The molecular weight excluding hydrogens is 334 g/mol. The first-order chi connectivity index (χ1) is 12.2. The van der Waals surface area contributed by atoms with Crippen molar-refractivity contribution in [2.24, 2.45) is 0 Å². The third-order valence-electron chi connectivity index (χ3n) is 5.39. The third-order valence-corrected chi connectivity index (χ3v) is 5.64. The topological polar surface area (TPSA) is 29.5 Å². The van der Waals surface area contributed by atoms with E-state index in [4.69, 9.17) is 16.3 Å². The minimum Gasteiger partial charge on any atom is -0.367 e. The van der Waals surface area contributed by atoms with Crippen molar-refractivity contribution < 1.29 is 9.53 Å². The molecule has 130 valence electrons. The average molecular weight is 356 g/mol. The summed E-state index contributed by atoms with van der Waals surface area (Å²) in [6, 6.07) is 16.2. The van der Waals surface area contributed by atoms with Crippen LogP contribution < -0.4 is 0 Å². The molecule has 0 radical (unpaired) electrons. The molecule has 0 saturated carbocycles. The zero-order chi connectivity index (χ0) is 17.3. The van der Waals surface area contributed by atoms with E-state index in [9.17, 15) is 4.79 Å². The number of ether oxygens (including phenoxy) is 1. The lowest BCUT2D eigenvalue weighted by molar-refractivity contribution is -0.152. The van der Waals surface area contributed by atoms with E-state index >= 15 is 0 Å². The Hall–Kier alpha value is -1.84. The van der Waals surface area contributed by atoms with E-state index in [1.165, 1.54) is 11.1 Å². The van der Waals surface area contributed by atoms with E-state index in [-0.39, 0.29) is 11.5 Å². The van der Waals surface area contributed by atoms with Crippen LogP contribution in [0.2, 0.25) is 5.02 Å². The number of nitrogens with zero attached hydrogens (tertiary/aromatic N) is 1. The molecule has 0 aromatic heterocycles. The van der Waals surface area contributed by atoms with Gasteiger partial charge in [-0.2, -0.15) is 0 Å². The Labute approximate surface area is 153 Å². The predicted octanol–water partition coefficient (Wildman–Crippen LogP) is 3.97. The summed E-state index contributed by atoms with van der Waals surface area (Å²) in [6.45, 7) is 1.97. The maximum atomic E-state index is 12.7. The van der Waals surface area contributed by atoms with E-state index < -0.39 is 0 Å². The zero-order valence-electron chi connectivity index (χ0n) is 14.2. The Morgan fingerprint density at radius 2 is 1.96 bits per heavy atom. The van der Waals surface area contributed by atoms with Crippen molar-refractivity contribution in [2.45, 2.75) is 31.3 Å². The van der Waals surface area contributed by atoms with E-state index in [0.29, 0.717) is 26.1 Å². The summed E-state index contributed by atoms with van der Waals surface area (Å²) in [5.41, 5.74) is 3.47. The minimum atomic E-state index is -0.301. The summed E-state index contributed by atoms with van der Waals surface area (Å²) >= 11 is 5.92. The first kappa shape index (κ1) is 16.6. The van der Waals surface area contributed by atoms with E-state index in [0.717, 1.165) is 29.8 Å². The van der Waals surface area contributed by atoms with E-state index in [2.05, 4.69) is 24.3 Å². The number of morpholine rings is 1. The van der Waals surface area contributed by atoms with Crippen molar-refractivity contribution in [3.05, 3.63) is 70.2 Å². The first-order valence-electron chi connectivity index (χ1n) is 8.91. The number of fused-ring (bicyclic) bond motifs is 2. The minimum absolute atomic E-state index is 0.210. The lowest BCUT2D eigenvalue weighted by Crippen LogP contribution is -2.51. The van der Waals surface area contributed by atoms with Gasteiger partial charge in [-0.1, -0.05) is 48.0 Å². The molecule has 1 heterocycles. The van der Waals surface area contributed by atoms with Gasteiger partial charge in [-0.15, -0.1) is 0 Å². The summed E-state index contributed by atoms with van der Waals surface area (Å²) < 4.78 is 6.20. The van der Waals surface area contributed by atoms with Gasteiger partial charge in [0.15, 0.2) is 0 Å². The highest BCUT2D eigenvalue weighted by Crippen LogP contribution is 2.42. The number of amides is 1. The Morgan fingerprint density at radius 3 is 2.80 bits per heavy atom. The summed E-state index contributed by atoms with van der Waals surface area (Å²) in [5, 5.41) is 0.727. The molecule has 1 saturated heterocycles. The van der Waals surface area contributed by atoms with Gasteiger partial charge in [-0.25, -0.2) is 0 Å². The molecular formula is C21H22ClNO2. The summed E-state index contributed by atoms with van der Waals surface area (Å²) in [5.74, 6) is 0.210. The van der Waals surface area contributed by atoms with Gasteiger partial charge in [-0.05, 0) is 48.1 Å². The molecule has 1 fully saturated rings. The molecule has 2 aliphatic rings. The molecule has 2 aromatic carbocycles. The highest BCUT2D eigenvalue weighted by molar-refractivity contribution is 6.30. The largest absolute Gasteiger partial charge is 0.367 e. The van der Waals surface area contributed by atoms with Crippen molar-refractivity contribution in [3.8, 4) is 0 Å². The molecule has 1 amide bonds. The number of carbonyl (C=O) groups excluding carboxylic acids is 1. The lowest BCUT2D eigenvalue weighted by Gasteiger charge is -2.41.